The van der Waals surface area contributed by atoms with Crippen LogP contribution < -0.4 is 0 Å². The number of rotatable bonds is 3. The molecule has 1 saturated heterocycles. The molecule has 1 aliphatic heterocycles. The van der Waals surface area contributed by atoms with Crippen molar-refractivity contribution in [1.29, 1.82) is 0 Å². The van der Waals surface area contributed by atoms with Crippen LogP contribution in [0.25, 0.3) is 10.9 Å². The van der Waals surface area contributed by atoms with Crippen LogP contribution in [-0.4, -0.2) is 27.7 Å². The van der Waals surface area contributed by atoms with Crippen molar-refractivity contribution in [1.82, 2.24) is 9.47 Å². The molecule has 0 radical (unpaired) electrons. The minimum Gasteiger partial charge on any atom is -0.343 e. The first-order chi connectivity index (χ1) is 12.0. The summed E-state index contributed by atoms with van der Waals surface area (Å²) in [4.78, 5) is 25.3. The number of benzene rings is 2. The summed E-state index contributed by atoms with van der Waals surface area (Å²) >= 11 is 1.05. The van der Waals surface area contributed by atoms with Crippen LogP contribution in [0, 0.1) is 5.82 Å². The lowest BCUT2D eigenvalue weighted by atomic mass is 10.1. The van der Waals surface area contributed by atoms with Crippen LogP contribution in [0.1, 0.15) is 16.4 Å². The number of likely N-dealkylation sites (N-methyl/N-ethyl adjacent to an activating group) is 1. The van der Waals surface area contributed by atoms with Crippen molar-refractivity contribution in [2.75, 3.05) is 7.05 Å². The zero-order valence-corrected chi connectivity index (χ0v) is 14.3. The van der Waals surface area contributed by atoms with E-state index in [1.54, 1.807) is 12.1 Å². The predicted molar refractivity (Wildman–Crippen MR) is 95.9 cm³/mol. The summed E-state index contributed by atoms with van der Waals surface area (Å²) in [6.45, 7) is 0.609. The fourth-order valence-electron chi connectivity index (χ4n) is 3.09. The van der Waals surface area contributed by atoms with Gasteiger partial charge in [-0.25, -0.2) is 4.39 Å². The molecule has 4 nitrogen and oxygen atoms in total. The Morgan fingerprint density at radius 3 is 2.52 bits per heavy atom. The molecule has 0 bridgehead atoms. The number of hydrogen-bond donors (Lipinski definition) is 0. The van der Waals surface area contributed by atoms with Crippen molar-refractivity contribution < 1.29 is 14.0 Å². The topological polar surface area (TPSA) is 42.3 Å². The van der Waals surface area contributed by atoms with Crippen LogP contribution in [0.4, 0.5) is 9.18 Å². The van der Waals surface area contributed by atoms with Gasteiger partial charge in [0.25, 0.3) is 5.24 Å². The third-order valence-electron chi connectivity index (χ3n) is 4.44. The minimum atomic E-state index is -0.497. The molecule has 0 saturated carbocycles. The van der Waals surface area contributed by atoms with E-state index in [-0.39, 0.29) is 17.0 Å². The second-order valence-electron chi connectivity index (χ2n) is 6.01. The van der Waals surface area contributed by atoms with Gasteiger partial charge in [0.1, 0.15) is 11.1 Å². The fraction of sp³-hybridized carbons (Fsp3) is 0.158. The number of thioether (sulfide) groups is 1. The SMILES string of the molecule is CN1C(=O)SC(c2cccc3c2ccn3Cc2ccc(F)cc2)C1=O. The normalized spacial score (nSPS) is 17.7. The maximum Gasteiger partial charge on any atom is 0.289 e. The van der Waals surface area contributed by atoms with Gasteiger partial charge in [0.2, 0.25) is 5.91 Å². The molecule has 1 aliphatic rings. The summed E-state index contributed by atoms with van der Waals surface area (Å²) in [7, 11) is 1.51. The number of imide groups is 1. The molecule has 4 rings (SSSR count). The molecule has 1 aromatic heterocycles. The van der Waals surface area contributed by atoms with Crippen LogP contribution in [0.2, 0.25) is 0 Å². The van der Waals surface area contributed by atoms with E-state index in [4.69, 9.17) is 0 Å². The molecule has 0 N–H and O–H groups in total. The van der Waals surface area contributed by atoms with Crippen molar-refractivity contribution in [2.24, 2.45) is 0 Å². The predicted octanol–water partition coefficient (Wildman–Crippen LogP) is 4.20. The Hall–Kier alpha value is -2.60. The quantitative estimate of drug-likeness (QED) is 0.708. The van der Waals surface area contributed by atoms with E-state index in [0.717, 1.165) is 33.8 Å². The summed E-state index contributed by atoms with van der Waals surface area (Å²) in [5.74, 6) is -0.442. The van der Waals surface area contributed by atoms with Gasteiger partial charge in [-0.05, 0) is 47.2 Å². The Kier molecular flexibility index (Phi) is 3.84. The zero-order valence-electron chi connectivity index (χ0n) is 13.5. The second kappa shape index (κ2) is 6.04. The van der Waals surface area contributed by atoms with Crippen LogP contribution in [-0.2, 0) is 11.3 Å². The third-order valence-corrected chi connectivity index (χ3v) is 5.61. The first kappa shape index (κ1) is 15.9. The van der Waals surface area contributed by atoms with E-state index >= 15 is 0 Å². The Morgan fingerprint density at radius 1 is 1.08 bits per heavy atom. The average molecular weight is 354 g/mol. The number of amides is 2. The lowest BCUT2D eigenvalue weighted by molar-refractivity contribution is -0.125. The Bertz CT molecular complexity index is 981. The number of carbonyl (C=O) groups excluding carboxylic acids is 2. The molecule has 1 atom stereocenters. The molecule has 126 valence electrons. The summed E-state index contributed by atoms with van der Waals surface area (Å²) in [5.41, 5.74) is 2.82. The number of halogens is 1. The highest BCUT2D eigenvalue weighted by Gasteiger charge is 2.38. The number of hydrogen-bond acceptors (Lipinski definition) is 3. The van der Waals surface area contributed by atoms with Gasteiger partial charge in [-0.15, -0.1) is 0 Å². The number of carbonyl (C=O) groups is 2. The average Bonchev–Trinajstić information content (AvgIpc) is 3.13. The smallest absolute Gasteiger partial charge is 0.289 e. The molecule has 1 unspecified atom stereocenters. The van der Waals surface area contributed by atoms with E-state index in [1.807, 2.05) is 30.5 Å². The van der Waals surface area contributed by atoms with Gasteiger partial charge < -0.3 is 4.57 Å². The first-order valence-corrected chi connectivity index (χ1v) is 8.73. The molecule has 2 heterocycles. The van der Waals surface area contributed by atoms with Crippen LogP contribution >= 0.6 is 11.8 Å². The number of nitrogens with zero attached hydrogens (tertiary/aromatic N) is 2. The first-order valence-electron chi connectivity index (χ1n) is 7.85. The van der Waals surface area contributed by atoms with Crippen LogP contribution in [0.15, 0.2) is 54.7 Å². The van der Waals surface area contributed by atoms with E-state index in [2.05, 4.69) is 4.57 Å². The second-order valence-corrected chi connectivity index (χ2v) is 7.07. The summed E-state index contributed by atoms with van der Waals surface area (Å²) < 4.78 is 15.1. The van der Waals surface area contributed by atoms with Gasteiger partial charge in [-0.1, -0.05) is 24.3 Å². The van der Waals surface area contributed by atoms with Crippen molar-refractivity contribution in [2.45, 2.75) is 11.8 Å². The molecular formula is C19H15FN2O2S. The third kappa shape index (κ3) is 2.72. The van der Waals surface area contributed by atoms with E-state index in [0.29, 0.717) is 6.54 Å². The Labute approximate surface area is 148 Å². The van der Waals surface area contributed by atoms with E-state index in [1.165, 1.54) is 24.1 Å². The maximum atomic E-state index is 13.1. The molecule has 2 aromatic carbocycles. The Morgan fingerprint density at radius 2 is 1.84 bits per heavy atom. The van der Waals surface area contributed by atoms with E-state index < -0.39 is 5.25 Å². The largest absolute Gasteiger partial charge is 0.343 e. The highest BCUT2D eigenvalue weighted by molar-refractivity contribution is 8.15. The minimum absolute atomic E-state index is 0.186. The fourth-order valence-corrected chi connectivity index (χ4v) is 4.13. The highest BCUT2D eigenvalue weighted by Crippen LogP contribution is 2.41. The molecular weight excluding hydrogens is 339 g/mol. The molecule has 0 spiro atoms. The summed E-state index contributed by atoms with van der Waals surface area (Å²) in [5, 5.41) is 0.235. The Balaban J connectivity index is 1.72. The monoisotopic (exact) mass is 354 g/mol. The van der Waals surface area contributed by atoms with Crippen LogP contribution in [0.5, 0.6) is 0 Å². The lowest BCUT2D eigenvalue weighted by Gasteiger charge is -2.11. The van der Waals surface area contributed by atoms with Crippen molar-refractivity contribution in [3.05, 3.63) is 71.7 Å². The van der Waals surface area contributed by atoms with Crippen molar-refractivity contribution in [3.8, 4) is 0 Å². The molecule has 25 heavy (non-hydrogen) atoms. The zero-order chi connectivity index (χ0) is 17.6. The van der Waals surface area contributed by atoms with Gasteiger partial charge in [-0.2, -0.15) is 0 Å². The maximum absolute atomic E-state index is 13.1. The van der Waals surface area contributed by atoms with Gasteiger partial charge in [0, 0.05) is 30.7 Å². The van der Waals surface area contributed by atoms with Crippen molar-refractivity contribution >= 4 is 33.8 Å². The van der Waals surface area contributed by atoms with Gasteiger partial charge in [-0.3, -0.25) is 14.5 Å². The molecule has 2 amide bonds. The van der Waals surface area contributed by atoms with Crippen molar-refractivity contribution in [3.63, 3.8) is 0 Å². The summed E-state index contributed by atoms with van der Waals surface area (Å²) in [6.07, 6.45) is 1.95. The lowest BCUT2D eigenvalue weighted by Crippen LogP contribution is -2.24. The highest BCUT2D eigenvalue weighted by atomic mass is 32.2. The molecule has 1 fully saturated rings. The number of aromatic nitrogens is 1. The van der Waals surface area contributed by atoms with Gasteiger partial charge in [0.05, 0.1) is 0 Å². The molecule has 0 aliphatic carbocycles. The summed E-state index contributed by atoms with van der Waals surface area (Å²) in [6, 6.07) is 14.2. The van der Waals surface area contributed by atoms with Gasteiger partial charge >= 0.3 is 0 Å². The standard InChI is InChI=1S/C19H15FN2O2S/c1-21-18(23)17(25-19(21)24)15-3-2-4-16-14(15)9-10-22(16)11-12-5-7-13(20)8-6-12/h2-10,17H,11H2,1H3. The number of fused-ring (bicyclic) bond motifs is 1. The molecule has 6 heteroatoms. The van der Waals surface area contributed by atoms with Gasteiger partial charge in [0.15, 0.2) is 0 Å². The van der Waals surface area contributed by atoms with Crippen LogP contribution in [0.3, 0.4) is 0 Å². The van der Waals surface area contributed by atoms with E-state index in [9.17, 15) is 14.0 Å². The molecule has 3 aromatic rings.